The number of aliphatic imine (C=N–C) groups is 1. The molecule has 0 aliphatic rings. The lowest BCUT2D eigenvalue weighted by Crippen LogP contribution is -2.40. The Bertz CT molecular complexity index is 295. The van der Waals surface area contributed by atoms with Gasteiger partial charge in [0.25, 0.3) is 0 Å². The first kappa shape index (κ1) is 10.6. The summed E-state index contributed by atoms with van der Waals surface area (Å²) in [6, 6.07) is 9.42. The van der Waals surface area contributed by atoms with Crippen molar-refractivity contribution in [1.82, 2.24) is 0 Å². The molecule has 1 aromatic rings. The van der Waals surface area contributed by atoms with Gasteiger partial charge in [0.05, 0.1) is 6.02 Å². The average Bonchev–Trinajstić information content (AvgIpc) is 2.26. The van der Waals surface area contributed by atoms with Gasteiger partial charge in [-0.3, -0.25) is 4.99 Å². The molecule has 0 heterocycles. The van der Waals surface area contributed by atoms with E-state index in [1.54, 1.807) is 4.90 Å². The minimum absolute atomic E-state index is 0.182. The molecule has 0 amide bonds. The van der Waals surface area contributed by atoms with E-state index in [0.717, 1.165) is 12.1 Å². The fraction of sp³-hybridized carbons (Fsp3) is 0.364. The van der Waals surface area contributed by atoms with Crippen molar-refractivity contribution < 1.29 is 5.11 Å². The minimum atomic E-state index is -0.182. The highest BCUT2D eigenvalue weighted by molar-refractivity contribution is 5.88. The summed E-state index contributed by atoms with van der Waals surface area (Å²) in [6.45, 7) is 2.75. The van der Waals surface area contributed by atoms with Crippen molar-refractivity contribution in [3.05, 3.63) is 30.3 Å². The van der Waals surface area contributed by atoms with Gasteiger partial charge in [0.1, 0.15) is 0 Å². The zero-order valence-corrected chi connectivity index (χ0v) is 8.60. The molecular weight excluding hydrogens is 176 g/mol. The largest absolute Gasteiger partial charge is 0.846 e. The molecule has 0 spiro atoms. The van der Waals surface area contributed by atoms with Gasteiger partial charge in [-0.25, -0.2) is 0 Å². The molecule has 0 aliphatic carbocycles. The molecule has 0 aromatic heterocycles. The van der Waals surface area contributed by atoms with Crippen molar-refractivity contribution >= 4 is 11.7 Å². The minimum Gasteiger partial charge on any atom is -0.846 e. The highest BCUT2D eigenvalue weighted by Crippen LogP contribution is 2.12. The molecule has 76 valence electrons. The molecule has 0 saturated heterocycles. The van der Waals surface area contributed by atoms with Crippen LogP contribution in [0.1, 0.15) is 13.3 Å². The van der Waals surface area contributed by atoms with Crippen LogP contribution in [-0.2, 0) is 0 Å². The third kappa shape index (κ3) is 2.49. The molecule has 0 bridgehead atoms. The Hall–Kier alpha value is -1.51. The van der Waals surface area contributed by atoms with Crippen molar-refractivity contribution in [1.29, 1.82) is 0 Å². The molecule has 1 aromatic carbocycles. The maximum Gasteiger partial charge on any atom is 0.0541 e. The summed E-state index contributed by atoms with van der Waals surface area (Å²) in [5, 5.41) is 11.5. The third-order valence-corrected chi connectivity index (χ3v) is 1.94. The molecule has 0 N–H and O–H groups in total. The van der Waals surface area contributed by atoms with Crippen LogP contribution in [0.3, 0.4) is 0 Å². The Morgan fingerprint density at radius 1 is 1.36 bits per heavy atom. The van der Waals surface area contributed by atoms with Gasteiger partial charge in [-0.2, -0.15) is 0 Å². The standard InChI is InChI=1S/C11H16N2O/c1-3-9-13(11(14)12-2)10-7-5-4-6-8-10/h4-8H,3,9H2,1-2H3,(H,12,14)/p-1. The van der Waals surface area contributed by atoms with Gasteiger partial charge in [0.15, 0.2) is 0 Å². The summed E-state index contributed by atoms with van der Waals surface area (Å²) in [6.07, 6.45) is 0.927. The molecule has 0 fully saturated rings. The normalized spacial score (nSPS) is 11.4. The maximum absolute atomic E-state index is 11.5. The first-order valence-electron chi connectivity index (χ1n) is 4.76. The quantitative estimate of drug-likeness (QED) is 0.532. The Morgan fingerprint density at radius 2 is 2.00 bits per heavy atom. The average molecular weight is 191 g/mol. The number of nitrogens with zero attached hydrogens (tertiary/aromatic N) is 2. The lowest BCUT2D eigenvalue weighted by atomic mass is 10.3. The molecule has 0 unspecified atom stereocenters. The predicted octanol–water partition coefficient (Wildman–Crippen LogP) is 1.25. The number of anilines is 1. The number of rotatable bonds is 3. The number of benzene rings is 1. The lowest BCUT2D eigenvalue weighted by Gasteiger charge is -2.29. The van der Waals surface area contributed by atoms with E-state index in [1.807, 2.05) is 37.3 Å². The smallest absolute Gasteiger partial charge is 0.0541 e. The van der Waals surface area contributed by atoms with Crippen molar-refractivity contribution in [2.45, 2.75) is 13.3 Å². The molecule has 0 atom stereocenters. The molecule has 3 heteroatoms. The van der Waals surface area contributed by atoms with Crippen LogP contribution in [0, 0.1) is 0 Å². The molecule has 1 rings (SSSR count). The fourth-order valence-corrected chi connectivity index (χ4v) is 1.29. The van der Waals surface area contributed by atoms with Crippen LogP contribution in [0.2, 0.25) is 0 Å². The van der Waals surface area contributed by atoms with E-state index in [2.05, 4.69) is 4.99 Å². The van der Waals surface area contributed by atoms with E-state index in [-0.39, 0.29) is 6.02 Å². The monoisotopic (exact) mass is 191 g/mol. The fourth-order valence-electron chi connectivity index (χ4n) is 1.29. The van der Waals surface area contributed by atoms with Crippen LogP contribution in [0.5, 0.6) is 0 Å². The van der Waals surface area contributed by atoms with Crippen molar-refractivity contribution in [3.63, 3.8) is 0 Å². The summed E-state index contributed by atoms with van der Waals surface area (Å²) in [5.74, 6) is 0. The van der Waals surface area contributed by atoms with Crippen LogP contribution in [0.25, 0.3) is 0 Å². The van der Waals surface area contributed by atoms with Crippen LogP contribution in [0.4, 0.5) is 5.69 Å². The summed E-state index contributed by atoms with van der Waals surface area (Å²) in [7, 11) is 1.52. The summed E-state index contributed by atoms with van der Waals surface area (Å²) < 4.78 is 0. The Balaban J connectivity index is 2.89. The second-order valence-electron chi connectivity index (χ2n) is 2.99. The third-order valence-electron chi connectivity index (χ3n) is 1.94. The number of amidine groups is 1. The van der Waals surface area contributed by atoms with Gasteiger partial charge in [-0.1, -0.05) is 25.1 Å². The summed E-state index contributed by atoms with van der Waals surface area (Å²) in [4.78, 5) is 5.35. The second kappa shape index (κ2) is 5.27. The molecule has 0 saturated carbocycles. The van der Waals surface area contributed by atoms with Crippen molar-refractivity contribution in [3.8, 4) is 0 Å². The van der Waals surface area contributed by atoms with Crippen LogP contribution in [0.15, 0.2) is 35.3 Å². The Morgan fingerprint density at radius 3 is 2.50 bits per heavy atom. The van der Waals surface area contributed by atoms with Gasteiger partial charge in [0, 0.05) is 19.3 Å². The number of para-hydroxylation sites is 1. The highest BCUT2D eigenvalue weighted by atomic mass is 16.3. The van der Waals surface area contributed by atoms with E-state index in [0.29, 0.717) is 6.54 Å². The van der Waals surface area contributed by atoms with Crippen molar-refractivity contribution in [2.75, 3.05) is 18.5 Å². The van der Waals surface area contributed by atoms with E-state index in [1.165, 1.54) is 7.05 Å². The summed E-state index contributed by atoms with van der Waals surface area (Å²) in [5.41, 5.74) is 0.907. The van der Waals surface area contributed by atoms with Crippen LogP contribution < -0.4 is 10.0 Å². The van der Waals surface area contributed by atoms with Gasteiger partial charge in [0.2, 0.25) is 0 Å². The van der Waals surface area contributed by atoms with E-state index in [4.69, 9.17) is 0 Å². The highest BCUT2D eigenvalue weighted by Gasteiger charge is 2.03. The summed E-state index contributed by atoms with van der Waals surface area (Å²) >= 11 is 0. The van der Waals surface area contributed by atoms with Crippen LogP contribution >= 0.6 is 0 Å². The van der Waals surface area contributed by atoms with E-state index < -0.39 is 0 Å². The topological polar surface area (TPSA) is 38.7 Å². The van der Waals surface area contributed by atoms with Crippen molar-refractivity contribution in [2.24, 2.45) is 4.99 Å². The molecular formula is C11H15N2O-. The second-order valence-corrected chi connectivity index (χ2v) is 2.99. The van der Waals surface area contributed by atoms with Gasteiger partial charge in [-0.15, -0.1) is 0 Å². The van der Waals surface area contributed by atoms with Gasteiger partial charge in [-0.05, 0) is 18.6 Å². The first-order valence-corrected chi connectivity index (χ1v) is 4.76. The zero-order valence-electron chi connectivity index (χ0n) is 8.60. The molecule has 14 heavy (non-hydrogen) atoms. The predicted molar refractivity (Wildman–Crippen MR) is 57.4 cm³/mol. The Kier molecular flexibility index (Phi) is 3.98. The van der Waals surface area contributed by atoms with Crippen LogP contribution in [-0.4, -0.2) is 19.6 Å². The van der Waals surface area contributed by atoms with Gasteiger partial charge < -0.3 is 10.0 Å². The Labute approximate surface area is 84.7 Å². The number of hydrogen-bond donors (Lipinski definition) is 0. The lowest BCUT2D eigenvalue weighted by molar-refractivity contribution is -0.218. The molecule has 3 nitrogen and oxygen atoms in total. The van der Waals surface area contributed by atoms with E-state index in [9.17, 15) is 5.11 Å². The molecule has 0 aliphatic heterocycles. The number of hydrogen-bond acceptors (Lipinski definition) is 2. The first-order chi connectivity index (χ1) is 6.79. The maximum atomic E-state index is 11.5. The SMILES string of the molecule is CCCN(C([O-])=NC)c1ccccc1. The van der Waals surface area contributed by atoms with Gasteiger partial charge >= 0.3 is 0 Å². The molecule has 0 radical (unpaired) electrons. The zero-order chi connectivity index (χ0) is 10.4. The van der Waals surface area contributed by atoms with E-state index >= 15 is 0 Å².